The van der Waals surface area contributed by atoms with Gasteiger partial charge in [-0.05, 0) is 31.0 Å². The van der Waals surface area contributed by atoms with Crippen molar-refractivity contribution in [2.24, 2.45) is 0 Å². The minimum absolute atomic E-state index is 0.0358. The van der Waals surface area contributed by atoms with Crippen molar-refractivity contribution in [2.45, 2.75) is 19.4 Å². The van der Waals surface area contributed by atoms with E-state index in [1.165, 1.54) is 6.07 Å². The number of nitrogens with one attached hydrogen (secondary N) is 1. The van der Waals surface area contributed by atoms with Crippen LogP contribution in [0.15, 0.2) is 55.0 Å². The zero-order valence-electron chi connectivity index (χ0n) is 15.3. The fraction of sp³-hybridized carbons (Fsp3) is 0.190. The fourth-order valence-electron chi connectivity index (χ4n) is 3.45. The highest BCUT2D eigenvalue weighted by Crippen LogP contribution is 2.40. The van der Waals surface area contributed by atoms with Crippen molar-refractivity contribution in [3.63, 3.8) is 0 Å². The molecule has 1 aliphatic rings. The molecule has 0 saturated heterocycles. The van der Waals surface area contributed by atoms with Crippen molar-refractivity contribution in [1.82, 2.24) is 9.97 Å². The second-order valence-corrected chi connectivity index (χ2v) is 6.72. The van der Waals surface area contributed by atoms with Crippen LogP contribution in [0.2, 0.25) is 0 Å². The zero-order chi connectivity index (χ0) is 19.7. The second kappa shape index (κ2) is 7.19. The minimum Gasteiger partial charge on any atom is -0.481 e. The van der Waals surface area contributed by atoms with Gasteiger partial charge in [0.1, 0.15) is 5.56 Å². The molecule has 7 nitrogen and oxygen atoms in total. The lowest BCUT2D eigenvalue weighted by Crippen LogP contribution is -2.42. The topological polar surface area (TPSA) is 95.5 Å². The summed E-state index contributed by atoms with van der Waals surface area (Å²) in [6, 6.07) is 12.5. The van der Waals surface area contributed by atoms with Crippen LogP contribution in [0.5, 0.6) is 5.75 Å². The number of benzene rings is 2. The number of hydrogen-bond donors (Lipinski definition) is 2. The van der Waals surface area contributed by atoms with Gasteiger partial charge in [0.2, 0.25) is 0 Å². The number of ether oxygens (including phenoxy) is 1. The summed E-state index contributed by atoms with van der Waals surface area (Å²) in [5.41, 5.74) is 3.46. The van der Waals surface area contributed by atoms with E-state index in [0.717, 1.165) is 16.8 Å². The maximum Gasteiger partial charge on any atom is 0.339 e. The van der Waals surface area contributed by atoms with E-state index in [2.05, 4.69) is 9.97 Å². The first-order valence-electron chi connectivity index (χ1n) is 8.89. The summed E-state index contributed by atoms with van der Waals surface area (Å²) in [5, 5.41) is 9.48. The van der Waals surface area contributed by atoms with Gasteiger partial charge in [0.05, 0.1) is 29.9 Å². The lowest BCUT2D eigenvalue weighted by Gasteiger charge is -2.36. The number of carbonyl (C=O) groups excluding carboxylic acids is 1. The van der Waals surface area contributed by atoms with Crippen LogP contribution in [0.1, 0.15) is 33.2 Å². The Hall–Kier alpha value is -3.61. The van der Waals surface area contributed by atoms with E-state index in [9.17, 15) is 14.7 Å². The number of anilines is 1. The van der Waals surface area contributed by atoms with Crippen LogP contribution >= 0.6 is 0 Å². The molecule has 4 rings (SSSR count). The number of aromatic amines is 1. The van der Waals surface area contributed by atoms with Gasteiger partial charge in [-0.3, -0.25) is 9.69 Å². The van der Waals surface area contributed by atoms with Crippen molar-refractivity contribution in [2.75, 3.05) is 11.5 Å². The number of carboxylic acids is 1. The molecular formula is C21H19N3O4. The SMILES string of the molecule is Cc1ccc(CC(c2cnc[nH]2)N2C(=O)COc3c(C(=O)O)cccc32)cc1. The van der Waals surface area contributed by atoms with E-state index in [4.69, 9.17) is 4.74 Å². The van der Waals surface area contributed by atoms with Gasteiger partial charge in [0.25, 0.3) is 5.91 Å². The second-order valence-electron chi connectivity index (χ2n) is 6.72. The van der Waals surface area contributed by atoms with Crippen LogP contribution in [0, 0.1) is 6.92 Å². The predicted molar refractivity (Wildman–Crippen MR) is 103 cm³/mol. The highest BCUT2D eigenvalue weighted by Gasteiger charge is 2.35. The number of amides is 1. The number of hydrogen-bond acceptors (Lipinski definition) is 4. The number of fused-ring (bicyclic) bond motifs is 1. The molecule has 0 saturated carbocycles. The molecule has 1 atom stereocenters. The molecule has 28 heavy (non-hydrogen) atoms. The average Bonchev–Trinajstić information content (AvgIpc) is 3.22. The number of aromatic nitrogens is 2. The Labute approximate surface area is 161 Å². The number of H-pyrrole nitrogens is 1. The van der Waals surface area contributed by atoms with Gasteiger partial charge in [0.15, 0.2) is 12.4 Å². The number of carboxylic acid groups (broad SMARTS) is 1. The molecular weight excluding hydrogens is 358 g/mol. The van der Waals surface area contributed by atoms with Crippen LogP contribution in [0.3, 0.4) is 0 Å². The number of para-hydroxylation sites is 1. The Morgan fingerprint density at radius 2 is 2.07 bits per heavy atom. The molecule has 1 amide bonds. The van der Waals surface area contributed by atoms with E-state index in [1.807, 2.05) is 31.2 Å². The van der Waals surface area contributed by atoms with Crippen LogP contribution in [-0.4, -0.2) is 33.6 Å². The van der Waals surface area contributed by atoms with E-state index < -0.39 is 5.97 Å². The number of nitrogens with zero attached hydrogens (tertiary/aromatic N) is 2. The third kappa shape index (κ3) is 3.22. The molecule has 142 valence electrons. The Bertz CT molecular complexity index is 1010. The van der Waals surface area contributed by atoms with Crippen molar-refractivity contribution in [3.8, 4) is 5.75 Å². The van der Waals surface area contributed by atoms with Crippen molar-refractivity contribution in [1.29, 1.82) is 0 Å². The molecule has 0 radical (unpaired) electrons. The summed E-state index contributed by atoms with van der Waals surface area (Å²) >= 11 is 0. The first-order chi connectivity index (χ1) is 13.5. The van der Waals surface area contributed by atoms with Gasteiger partial charge in [-0.15, -0.1) is 0 Å². The summed E-state index contributed by atoms with van der Waals surface area (Å²) < 4.78 is 5.49. The summed E-state index contributed by atoms with van der Waals surface area (Å²) in [4.78, 5) is 33.2. The lowest BCUT2D eigenvalue weighted by molar-refractivity contribution is -0.121. The van der Waals surface area contributed by atoms with Gasteiger partial charge in [0, 0.05) is 0 Å². The van der Waals surface area contributed by atoms with Gasteiger partial charge >= 0.3 is 5.97 Å². The molecule has 2 aromatic carbocycles. The molecule has 3 aromatic rings. The maximum absolute atomic E-state index is 12.8. The average molecular weight is 377 g/mol. The summed E-state index contributed by atoms with van der Waals surface area (Å²) in [6.45, 7) is 1.81. The largest absolute Gasteiger partial charge is 0.481 e. The Morgan fingerprint density at radius 1 is 1.29 bits per heavy atom. The van der Waals surface area contributed by atoms with Crippen LogP contribution in [0.4, 0.5) is 5.69 Å². The van der Waals surface area contributed by atoms with Crippen molar-refractivity contribution < 1.29 is 19.4 Å². The molecule has 1 unspecified atom stereocenters. The third-order valence-electron chi connectivity index (χ3n) is 4.83. The molecule has 2 N–H and O–H groups in total. The highest BCUT2D eigenvalue weighted by atomic mass is 16.5. The summed E-state index contributed by atoms with van der Waals surface area (Å²) in [5.74, 6) is -1.12. The highest BCUT2D eigenvalue weighted by molar-refractivity contribution is 6.02. The zero-order valence-corrected chi connectivity index (χ0v) is 15.3. The molecule has 0 aliphatic carbocycles. The van der Waals surface area contributed by atoms with E-state index in [-0.39, 0.29) is 29.9 Å². The number of imidazole rings is 1. The predicted octanol–water partition coefficient (Wildman–Crippen LogP) is 3.13. The van der Waals surface area contributed by atoms with Crippen LogP contribution < -0.4 is 9.64 Å². The van der Waals surface area contributed by atoms with Gasteiger partial charge in [-0.25, -0.2) is 9.78 Å². The molecule has 0 fully saturated rings. The standard InChI is InChI=1S/C21H19N3O4/c1-13-5-7-14(8-6-13)9-18(16-10-22-12-23-16)24-17-4-2-3-15(21(26)27)20(17)28-11-19(24)25/h2-8,10,12,18H,9,11H2,1H3,(H,22,23)(H,26,27). The third-order valence-corrected chi connectivity index (χ3v) is 4.83. The molecule has 7 heteroatoms. The van der Waals surface area contributed by atoms with Crippen molar-refractivity contribution >= 4 is 17.6 Å². The Balaban J connectivity index is 1.80. The fourth-order valence-corrected chi connectivity index (χ4v) is 3.45. The first-order valence-corrected chi connectivity index (χ1v) is 8.89. The minimum atomic E-state index is -1.09. The monoisotopic (exact) mass is 377 g/mol. The smallest absolute Gasteiger partial charge is 0.339 e. The maximum atomic E-state index is 12.8. The molecule has 0 bridgehead atoms. The number of rotatable bonds is 5. The Kier molecular flexibility index (Phi) is 4.57. The quantitative estimate of drug-likeness (QED) is 0.712. The molecule has 1 aromatic heterocycles. The van der Waals surface area contributed by atoms with Gasteiger partial charge in [-0.1, -0.05) is 35.9 Å². The van der Waals surface area contributed by atoms with E-state index >= 15 is 0 Å². The van der Waals surface area contributed by atoms with Crippen LogP contribution in [0.25, 0.3) is 0 Å². The van der Waals surface area contributed by atoms with E-state index in [0.29, 0.717) is 12.1 Å². The van der Waals surface area contributed by atoms with Gasteiger partial charge < -0.3 is 14.8 Å². The number of aryl methyl sites for hydroxylation is 1. The molecule has 0 spiro atoms. The van der Waals surface area contributed by atoms with E-state index in [1.54, 1.807) is 29.6 Å². The molecule has 1 aliphatic heterocycles. The van der Waals surface area contributed by atoms with Crippen LogP contribution in [-0.2, 0) is 11.2 Å². The first kappa shape index (κ1) is 17.8. The summed E-state index contributed by atoms with van der Waals surface area (Å²) in [7, 11) is 0. The molecule has 2 heterocycles. The lowest BCUT2D eigenvalue weighted by atomic mass is 9.99. The number of carbonyl (C=O) groups is 2. The Morgan fingerprint density at radius 3 is 2.75 bits per heavy atom. The van der Waals surface area contributed by atoms with Crippen molar-refractivity contribution in [3.05, 3.63) is 77.4 Å². The normalized spacial score (nSPS) is 14.3. The van der Waals surface area contributed by atoms with Gasteiger partial charge in [-0.2, -0.15) is 0 Å². The number of aromatic carboxylic acids is 1. The summed E-state index contributed by atoms with van der Waals surface area (Å²) in [6.07, 6.45) is 3.80.